The maximum absolute atomic E-state index is 10.6. The van der Waals surface area contributed by atoms with Crippen molar-refractivity contribution in [1.82, 2.24) is 9.38 Å². The molecule has 8 heteroatoms. The highest BCUT2D eigenvalue weighted by atomic mass is 19.4. The molecular weight excluding hydrogens is 239 g/mol. The van der Waals surface area contributed by atoms with E-state index in [9.17, 15) is 13.2 Å². The normalized spacial score (nSPS) is 10.8. The minimum Gasteiger partial charge on any atom is -0.475 e. The second-order valence-corrected chi connectivity index (χ2v) is 2.91. The smallest absolute Gasteiger partial charge is 0.475 e. The van der Waals surface area contributed by atoms with Gasteiger partial charge in [0.15, 0.2) is 0 Å². The average Bonchev–Trinajstić information content (AvgIpc) is 2.61. The highest BCUT2D eigenvalue weighted by molar-refractivity contribution is 5.73. The molecule has 0 amide bonds. The fourth-order valence-corrected chi connectivity index (χ4v) is 0.965. The zero-order valence-corrected chi connectivity index (χ0v) is 8.35. The standard InChI is InChI=1S/C7H7N3.C2HF3O2/c8-7-9-5-6-3-1-2-4-10(6)7;3-2(4,5)1(6)7/h1-5H,(H2,8,9);(H,6,7). The summed E-state index contributed by atoms with van der Waals surface area (Å²) in [5.74, 6) is -2.22. The molecule has 2 rings (SSSR count). The Morgan fingerprint density at radius 3 is 2.47 bits per heavy atom. The van der Waals surface area contributed by atoms with Crippen LogP contribution in [-0.4, -0.2) is 26.6 Å². The van der Waals surface area contributed by atoms with Gasteiger partial charge in [0.1, 0.15) is 0 Å². The van der Waals surface area contributed by atoms with E-state index in [4.69, 9.17) is 15.6 Å². The largest absolute Gasteiger partial charge is 0.490 e. The Balaban J connectivity index is 0.000000185. The number of fused-ring (bicyclic) bond motifs is 1. The zero-order chi connectivity index (χ0) is 13.1. The lowest BCUT2D eigenvalue weighted by atomic mass is 10.4. The van der Waals surface area contributed by atoms with Crippen LogP contribution in [-0.2, 0) is 4.79 Å². The molecule has 0 atom stereocenters. The molecule has 0 spiro atoms. The van der Waals surface area contributed by atoms with Crippen molar-refractivity contribution < 1.29 is 23.1 Å². The maximum atomic E-state index is 10.6. The first-order valence-electron chi connectivity index (χ1n) is 4.30. The van der Waals surface area contributed by atoms with Gasteiger partial charge in [0, 0.05) is 6.20 Å². The van der Waals surface area contributed by atoms with Crippen molar-refractivity contribution >= 4 is 17.4 Å². The molecule has 0 bridgehead atoms. The van der Waals surface area contributed by atoms with Gasteiger partial charge in [0.2, 0.25) is 5.95 Å². The molecule has 3 N–H and O–H groups in total. The summed E-state index contributed by atoms with van der Waals surface area (Å²) in [7, 11) is 0. The van der Waals surface area contributed by atoms with Gasteiger partial charge in [-0.3, -0.25) is 4.40 Å². The Morgan fingerprint density at radius 2 is 2.00 bits per heavy atom. The summed E-state index contributed by atoms with van der Waals surface area (Å²) in [5.41, 5.74) is 6.56. The Labute approximate surface area is 93.3 Å². The number of aliphatic carboxylic acids is 1. The molecular formula is C9H8F3N3O2. The monoisotopic (exact) mass is 247 g/mol. The topological polar surface area (TPSA) is 80.6 Å². The van der Waals surface area contributed by atoms with Gasteiger partial charge < -0.3 is 10.8 Å². The molecule has 0 aliphatic rings. The fourth-order valence-electron chi connectivity index (χ4n) is 0.965. The number of pyridine rings is 1. The van der Waals surface area contributed by atoms with Crippen LogP contribution in [0, 0.1) is 0 Å². The summed E-state index contributed by atoms with van der Waals surface area (Å²) in [6.45, 7) is 0. The fraction of sp³-hybridized carbons (Fsp3) is 0.111. The number of hydrogen-bond acceptors (Lipinski definition) is 3. The molecule has 0 aromatic carbocycles. The molecule has 0 aliphatic heterocycles. The van der Waals surface area contributed by atoms with Crippen LogP contribution in [0.4, 0.5) is 19.1 Å². The molecule has 0 aliphatic carbocycles. The van der Waals surface area contributed by atoms with Gasteiger partial charge >= 0.3 is 12.1 Å². The highest BCUT2D eigenvalue weighted by Crippen LogP contribution is 2.13. The highest BCUT2D eigenvalue weighted by Gasteiger charge is 2.38. The second kappa shape index (κ2) is 4.73. The molecule has 0 unspecified atom stereocenters. The maximum Gasteiger partial charge on any atom is 0.490 e. The molecule has 0 radical (unpaired) electrons. The molecule has 0 saturated carbocycles. The van der Waals surface area contributed by atoms with Gasteiger partial charge in [-0.05, 0) is 12.1 Å². The summed E-state index contributed by atoms with van der Waals surface area (Å²) in [6.07, 6.45) is -1.45. The minimum absolute atomic E-state index is 0.538. The summed E-state index contributed by atoms with van der Waals surface area (Å²) >= 11 is 0. The Kier molecular flexibility index (Phi) is 3.56. The van der Waals surface area contributed by atoms with E-state index in [1.807, 2.05) is 28.8 Å². The average molecular weight is 247 g/mol. The van der Waals surface area contributed by atoms with Crippen LogP contribution in [0.25, 0.3) is 5.52 Å². The lowest BCUT2D eigenvalue weighted by molar-refractivity contribution is -0.192. The van der Waals surface area contributed by atoms with Gasteiger partial charge in [0.25, 0.3) is 0 Å². The first-order chi connectivity index (χ1) is 7.82. The van der Waals surface area contributed by atoms with Crippen LogP contribution in [0.2, 0.25) is 0 Å². The summed E-state index contributed by atoms with van der Waals surface area (Å²) in [4.78, 5) is 12.8. The summed E-state index contributed by atoms with van der Waals surface area (Å²) in [5, 5.41) is 7.12. The van der Waals surface area contributed by atoms with Crippen LogP contribution in [0.5, 0.6) is 0 Å². The zero-order valence-electron chi connectivity index (χ0n) is 8.35. The first-order valence-corrected chi connectivity index (χ1v) is 4.30. The quantitative estimate of drug-likeness (QED) is 0.740. The van der Waals surface area contributed by atoms with Crippen molar-refractivity contribution in [2.24, 2.45) is 0 Å². The Bertz CT molecular complexity index is 521. The number of nitrogens with zero attached hydrogens (tertiary/aromatic N) is 2. The number of carboxylic acid groups (broad SMARTS) is 1. The van der Waals surface area contributed by atoms with E-state index in [0.29, 0.717) is 5.95 Å². The van der Waals surface area contributed by atoms with E-state index >= 15 is 0 Å². The van der Waals surface area contributed by atoms with Crippen molar-refractivity contribution in [1.29, 1.82) is 0 Å². The first kappa shape index (κ1) is 12.8. The summed E-state index contributed by atoms with van der Waals surface area (Å²) < 4.78 is 33.6. The van der Waals surface area contributed by atoms with E-state index in [1.165, 1.54) is 0 Å². The van der Waals surface area contributed by atoms with Gasteiger partial charge in [-0.25, -0.2) is 9.78 Å². The number of imidazole rings is 1. The van der Waals surface area contributed by atoms with Crippen LogP contribution < -0.4 is 5.73 Å². The minimum atomic E-state index is -5.08. The number of anilines is 1. The Morgan fingerprint density at radius 1 is 1.41 bits per heavy atom. The third-order valence-corrected chi connectivity index (χ3v) is 1.71. The van der Waals surface area contributed by atoms with Crippen molar-refractivity contribution in [3.05, 3.63) is 30.6 Å². The van der Waals surface area contributed by atoms with Crippen molar-refractivity contribution in [2.75, 3.05) is 5.73 Å². The van der Waals surface area contributed by atoms with Crippen molar-refractivity contribution in [3.63, 3.8) is 0 Å². The van der Waals surface area contributed by atoms with E-state index < -0.39 is 12.1 Å². The van der Waals surface area contributed by atoms with Gasteiger partial charge in [-0.1, -0.05) is 6.07 Å². The second-order valence-electron chi connectivity index (χ2n) is 2.91. The van der Waals surface area contributed by atoms with Gasteiger partial charge in [-0.15, -0.1) is 0 Å². The number of nitrogen functional groups attached to an aromatic ring is 1. The van der Waals surface area contributed by atoms with Gasteiger partial charge in [0.05, 0.1) is 11.7 Å². The van der Waals surface area contributed by atoms with Crippen LogP contribution in [0.15, 0.2) is 30.6 Å². The summed E-state index contributed by atoms with van der Waals surface area (Å²) in [6, 6.07) is 5.84. The molecule has 2 aromatic heterocycles. The van der Waals surface area contributed by atoms with E-state index in [1.54, 1.807) is 6.20 Å². The SMILES string of the molecule is Nc1ncc2ccccn12.O=C(O)C(F)(F)F. The number of carbonyl (C=O) groups is 1. The predicted molar refractivity (Wildman–Crippen MR) is 53.3 cm³/mol. The number of alkyl halides is 3. The van der Waals surface area contributed by atoms with Crippen molar-refractivity contribution in [3.8, 4) is 0 Å². The third kappa shape index (κ3) is 3.37. The van der Waals surface area contributed by atoms with E-state index in [2.05, 4.69) is 4.98 Å². The van der Waals surface area contributed by atoms with Crippen molar-refractivity contribution in [2.45, 2.75) is 6.18 Å². The number of rotatable bonds is 0. The Hall–Kier alpha value is -2.25. The molecule has 0 saturated heterocycles. The molecule has 2 heterocycles. The number of hydrogen-bond donors (Lipinski definition) is 2. The molecule has 5 nitrogen and oxygen atoms in total. The number of aromatic nitrogens is 2. The molecule has 2 aromatic rings. The lowest BCUT2D eigenvalue weighted by Crippen LogP contribution is -2.21. The third-order valence-electron chi connectivity index (χ3n) is 1.71. The van der Waals surface area contributed by atoms with E-state index in [-0.39, 0.29) is 0 Å². The van der Waals surface area contributed by atoms with Crippen LogP contribution >= 0.6 is 0 Å². The van der Waals surface area contributed by atoms with E-state index in [0.717, 1.165) is 5.52 Å². The predicted octanol–water partition coefficient (Wildman–Crippen LogP) is 1.55. The number of carboxylic acids is 1. The molecule has 0 fully saturated rings. The molecule has 92 valence electrons. The van der Waals surface area contributed by atoms with Crippen LogP contribution in [0.1, 0.15) is 0 Å². The van der Waals surface area contributed by atoms with Crippen LogP contribution in [0.3, 0.4) is 0 Å². The van der Waals surface area contributed by atoms with Gasteiger partial charge in [-0.2, -0.15) is 13.2 Å². The number of halogens is 3. The number of nitrogens with two attached hydrogens (primary N) is 1. The molecule has 17 heavy (non-hydrogen) atoms. The lowest BCUT2D eigenvalue weighted by Gasteiger charge is -1.93.